The summed E-state index contributed by atoms with van der Waals surface area (Å²) in [6, 6.07) is 0. The molecular weight excluding hydrogens is 345 g/mol. The van der Waals surface area contributed by atoms with Crippen LogP contribution < -0.4 is 0 Å². The molecule has 1 aliphatic carbocycles. The molecule has 0 N–H and O–H groups in total. The molecule has 0 bridgehead atoms. The van der Waals surface area contributed by atoms with Gasteiger partial charge in [-0.2, -0.15) is 0 Å². The van der Waals surface area contributed by atoms with Crippen LogP contribution in [0.25, 0.3) is 0 Å². The molecule has 0 unspecified atom stereocenters. The van der Waals surface area contributed by atoms with Crippen molar-refractivity contribution in [2.75, 3.05) is 0 Å². The highest BCUT2D eigenvalue weighted by atomic mass is 16.7. The molecule has 3 aliphatic heterocycles. The standard InChI is InChI=1S/C18H33B3O6/c1-4-7-10-19-22-13-14(23-19)16-18(27-21(25-16)12-9-6-3)17-15(13)24-20(26-17)11-8-5-2/h13-18H,4-12H2,1-3H3. The molecule has 0 spiro atoms. The van der Waals surface area contributed by atoms with Crippen molar-refractivity contribution in [2.45, 2.75) is 115 Å². The van der Waals surface area contributed by atoms with Crippen molar-refractivity contribution in [3.63, 3.8) is 0 Å². The largest absolute Gasteiger partial charge is 0.457 e. The molecule has 0 aromatic carbocycles. The number of fused-ring (bicyclic) bond motifs is 6. The summed E-state index contributed by atoms with van der Waals surface area (Å²) < 4.78 is 37.8. The Hall–Kier alpha value is -0.0452. The Morgan fingerprint density at radius 3 is 0.852 bits per heavy atom. The maximum Gasteiger partial charge on any atom is 0.457 e. The third-order valence-corrected chi connectivity index (χ3v) is 6.18. The van der Waals surface area contributed by atoms with Gasteiger partial charge in [0.25, 0.3) is 0 Å². The SMILES string of the molecule is CCCCB1OC2C3OB(CCCC)OC3C3OB(CCCC)OC3C2O1. The highest BCUT2D eigenvalue weighted by Gasteiger charge is 2.64. The van der Waals surface area contributed by atoms with E-state index in [1.54, 1.807) is 0 Å². The summed E-state index contributed by atoms with van der Waals surface area (Å²) in [6.07, 6.45) is 8.67. The van der Waals surface area contributed by atoms with Gasteiger partial charge in [-0.1, -0.05) is 59.3 Å². The zero-order chi connectivity index (χ0) is 18.8. The fourth-order valence-corrected chi connectivity index (χ4v) is 4.72. The fourth-order valence-electron chi connectivity index (χ4n) is 4.72. The molecule has 0 atom stereocenters. The van der Waals surface area contributed by atoms with E-state index < -0.39 is 0 Å². The molecule has 4 rings (SSSR count). The molecule has 9 heteroatoms. The van der Waals surface area contributed by atoms with Crippen LogP contribution in [0, 0.1) is 0 Å². The predicted molar refractivity (Wildman–Crippen MR) is 106 cm³/mol. The second kappa shape index (κ2) is 9.18. The monoisotopic (exact) mass is 378 g/mol. The summed E-state index contributed by atoms with van der Waals surface area (Å²) in [5.41, 5.74) is 0. The van der Waals surface area contributed by atoms with Gasteiger partial charge in [-0.3, -0.25) is 0 Å². The summed E-state index contributed by atoms with van der Waals surface area (Å²) >= 11 is 0. The molecular formula is C18H33B3O6. The van der Waals surface area contributed by atoms with Gasteiger partial charge in [0.2, 0.25) is 0 Å². The highest BCUT2D eigenvalue weighted by Crippen LogP contribution is 2.44. The van der Waals surface area contributed by atoms with Gasteiger partial charge in [-0.25, -0.2) is 0 Å². The van der Waals surface area contributed by atoms with Crippen LogP contribution in [0.3, 0.4) is 0 Å². The molecule has 0 aromatic heterocycles. The van der Waals surface area contributed by atoms with Crippen LogP contribution in [0.4, 0.5) is 0 Å². The van der Waals surface area contributed by atoms with E-state index >= 15 is 0 Å². The Balaban J connectivity index is 1.48. The zero-order valence-corrected chi connectivity index (χ0v) is 17.0. The average molecular weight is 378 g/mol. The maximum atomic E-state index is 6.30. The van der Waals surface area contributed by atoms with E-state index in [1.165, 1.54) is 0 Å². The van der Waals surface area contributed by atoms with Gasteiger partial charge in [0, 0.05) is 0 Å². The van der Waals surface area contributed by atoms with Crippen molar-refractivity contribution in [3.8, 4) is 0 Å². The first-order chi connectivity index (χ1) is 13.2. The van der Waals surface area contributed by atoms with Crippen molar-refractivity contribution < 1.29 is 27.9 Å². The van der Waals surface area contributed by atoms with Crippen molar-refractivity contribution in [1.29, 1.82) is 0 Å². The van der Waals surface area contributed by atoms with Crippen LogP contribution in [0.2, 0.25) is 19.0 Å². The summed E-state index contributed by atoms with van der Waals surface area (Å²) in [4.78, 5) is 0. The lowest BCUT2D eigenvalue weighted by Gasteiger charge is -2.40. The summed E-state index contributed by atoms with van der Waals surface area (Å²) in [6.45, 7) is 6.56. The van der Waals surface area contributed by atoms with Gasteiger partial charge in [-0.05, 0) is 19.0 Å². The summed E-state index contributed by atoms with van der Waals surface area (Å²) in [5, 5.41) is 0. The van der Waals surface area contributed by atoms with E-state index in [2.05, 4.69) is 20.8 Å². The lowest BCUT2D eigenvalue weighted by Crippen LogP contribution is -2.60. The summed E-state index contributed by atoms with van der Waals surface area (Å²) in [5.74, 6) is 0. The highest BCUT2D eigenvalue weighted by molar-refractivity contribution is 6.47. The molecule has 3 saturated heterocycles. The van der Waals surface area contributed by atoms with Gasteiger partial charge in [0.1, 0.15) is 0 Å². The van der Waals surface area contributed by atoms with Crippen LogP contribution in [0.1, 0.15) is 59.3 Å². The van der Waals surface area contributed by atoms with E-state index in [0.29, 0.717) is 0 Å². The molecule has 27 heavy (non-hydrogen) atoms. The van der Waals surface area contributed by atoms with Crippen molar-refractivity contribution in [1.82, 2.24) is 0 Å². The minimum atomic E-state index is -0.170. The quantitative estimate of drug-likeness (QED) is 0.575. The Labute approximate surface area is 164 Å². The first-order valence-corrected chi connectivity index (χ1v) is 11.2. The number of hydrogen-bond acceptors (Lipinski definition) is 6. The third kappa shape index (κ3) is 4.14. The Morgan fingerprint density at radius 2 is 0.667 bits per heavy atom. The van der Waals surface area contributed by atoms with E-state index in [1.807, 2.05) is 0 Å². The molecule has 4 fully saturated rings. The molecule has 3 heterocycles. The van der Waals surface area contributed by atoms with E-state index in [0.717, 1.165) is 57.5 Å². The van der Waals surface area contributed by atoms with Gasteiger partial charge >= 0.3 is 21.4 Å². The average Bonchev–Trinajstić information content (AvgIpc) is 3.38. The first kappa shape index (κ1) is 20.2. The van der Waals surface area contributed by atoms with E-state index in [-0.39, 0.29) is 58.0 Å². The number of unbranched alkanes of at least 4 members (excludes halogenated alkanes) is 3. The number of hydrogen-bond donors (Lipinski definition) is 0. The van der Waals surface area contributed by atoms with Gasteiger partial charge in [-0.15, -0.1) is 0 Å². The second-order valence-electron chi connectivity index (χ2n) is 8.32. The Bertz CT molecular complexity index is 377. The lowest BCUT2D eigenvalue weighted by molar-refractivity contribution is -0.106. The minimum absolute atomic E-state index is 0.127. The smallest absolute Gasteiger partial charge is 0.403 e. The molecule has 0 aromatic rings. The van der Waals surface area contributed by atoms with Crippen molar-refractivity contribution in [2.24, 2.45) is 0 Å². The van der Waals surface area contributed by atoms with Crippen LogP contribution in [0.15, 0.2) is 0 Å². The van der Waals surface area contributed by atoms with Crippen LogP contribution in [-0.4, -0.2) is 58.0 Å². The minimum Gasteiger partial charge on any atom is -0.403 e. The molecule has 4 aliphatic rings. The van der Waals surface area contributed by atoms with E-state index in [4.69, 9.17) is 27.9 Å². The maximum absolute atomic E-state index is 6.30. The number of rotatable bonds is 9. The third-order valence-electron chi connectivity index (χ3n) is 6.18. The summed E-state index contributed by atoms with van der Waals surface area (Å²) in [7, 11) is -0.511. The molecule has 0 radical (unpaired) electrons. The van der Waals surface area contributed by atoms with Gasteiger partial charge in [0.05, 0.1) is 36.6 Å². The Kier molecular flexibility index (Phi) is 6.88. The van der Waals surface area contributed by atoms with Crippen LogP contribution in [-0.2, 0) is 27.9 Å². The lowest BCUT2D eigenvalue weighted by atomic mass is 9.82. The molecule has 1 saturated carbocycles. The van der Waals surface area contributed by atoms with Crippen molar-refractivity contribution >= 4 is 21.4 Å². The van der Waals surface area contributed by atoms with Crippen LogP contribution in [0.5, 0.6) is 0 Å². The fraction of sp³-hybridized carbons (Fsp3) is 1.00. The van der Waals surface area contributed by atoms with Gasteiger partial charge < -0.3 is 27.9 Å². The van der Waals surface area contributed by atoms with Crippen LogP contribution >= 0.6 is 0 Å². The second-order valence-corrected chi connectivity index (χ2v) is 8.32. The van der Waals surface area contributed by atoms with Gasteiger partial charge in [0.15, 0.2) is 0 Å². The predicted octanol–water partition coefficient (Wildman–Crippen LogP) is 3.22. The zero-order valence-electron chi connectivity index (χ0n) is 17.0. The normalized spacial score (nSPS) is 37.7. The van der Waals surface area contributed by atoms with E-state index in [9.17, 15) is 0 Å². The molecule has 6 nitrogen and oxygen atoms in total. The first-order valence-electron chi connectivity index (χ1n) is 11.2. The topological polar surface area (TPSA) is 55.4 Å². The Morgan fingerprint density at radius 1 is 0.444 bits per heavy atom. The molecule has 150 valence electrons. The van der Waals surface area contributed by atoms with Crippen molar-refractivity contribution in [3.05, 3.63) is 0 Å². The molecule has 0 amide bonds.